The first-order chi connectivity index (χ1) is 32.8. The number of rotatable bonds is 9. The van der Waals surface area contributed by atoms with E-state index in [2.05, 4.69) is 95.2 Å². The molecule has 2 aromatic heterocycles. The minimum absolute atomic E-state index is 0.247. The second-order valence-electron chi connectivity index (χ2n) is 15.2. The predicted molar refractivity (Wildman–Crippen MR) is 276 cm³/mol. The molecule has 1 amide bonds. The number of hydrogen-bond acceptors (Lipinski definition) is 7. The summed E-state index contributed by atoms with van der Waals surface area (Å²) >= 11 is 4.71. The second-order valence-corrected chi connectivity index (χ2v) is 15.6. The Bertz CT molecular complexity index is 3370. The van der Waals surface area contributed by atoms with E-state index >= 15 is 0 Å². The van der Waals surface area contributed by atoms with Crippen molar-refractivity contribution in [2.45, 2.75) is 0 Å². The molecule has 3 N–H and O–H groups in total. The maximum absolute atomic E-state index is 11.8. The zero-order chi connectivity index (χ0) is 46.5. The maximum atomic E-state index is 11.8. The largest absolute Gasteiger partial charge is 0.399 e. The van der Waals surface area contributed by atoms with Crippen LogP contribution in [0.2, 0.25) is 0 Å². The summed E-state index contributed by atoms with van der Waals surface area (Å²) in [5, 5.41) is 4.29. The van der Waals surface area contributed by atoms with Crippen LogP contribution in [-0.4, -0.2) is 31.1 Å². The van der Waals surface area contributed by atoms with Crippen LogP contribution in [0, 0.1) is 0 Å². The van der Waals surface area contributed by atoms with Gasteiger partial charge < -0.3 is 11.1 Å². The quantitative estimate of drug-likeness (QED) is 0.0840. The Morgan fingerprint density at radius 3 is 1.28 bits per heavy atom. The first-order valence-electron chi connectivity index (χ1n) is 21.3. The van der Waals surface area contributed by atoms with Crippen LogP contribution >= 0.6 is 11.6 Å². The van der Waals surface area contributed by atoms with Gasteiger partial charge in [-0.1, -0.05) is 159 Å². The molecule has 0 radical (unpaired) electrons. The van der Waals surface area contributed by atoms with Gasteiger partial charge in [0.15, 0.2) is 11.6 Å². The molecular formula is C58H43ClN6O2. The fourth-order valence-corrected chi connectivity index (χ4v) is 7.44. The molecule has 0 atom stereocenters. The number of nitrogens with two attached hydrogens (primary N) is 1. The van der Waals surface area contributed by atoms with Crippen LogP contribution in [-0.2, 0) is 9.59 Å². The number of fused-ring (bicyclic) bond motifs is 2. The van der Waals surface area contributed by atoms with Gasteiger partial charge in [-0.3, -0.25) is 9.59 Å². The Labute approximate surface area is 393 Å². The molecular weight excluding hydrogens is 848 g/mol. The first kappa shape index (κ1) is 44.7. The molecule has 9 heteroatoms. The zero-order valence-corrected chi connectivity index (χ0v) is 37.0. The summed E-state index contributed by atoms with van der Waals surface area (Å²) in [5.41, 5.74) is 19.8. The summed E-state index contributed by atoms with van der Waals surface area (Å²) in [7, 11) is 0. The number of nitrogens with one attached hydrogen (secondary N) is 1. The third kappa shape index (κ3) is 11.1. The van der Waals surface area contributed by atoms with Crippen molar-refractivity contribution >= 4 is 55.9 Å². The van der Waals surface area contributed by atoms with E-state index in [9.17, 15) is 9.59 Å². The van der Waals surface area contributed by atoms with E-state index in [0.717, 1.165) is 95.0 Å². The molecule has 10 aromatic rings. The number of aromatic nitrogens is 4. The highest BCUT2D eigenvalue weighted by Crippen LogP contribution is 2.36. The molecule has 0 aliphatic rings. The van der Waals surface area contributed by atoms with Crippen molar-refractivity contribution in [2.24, 2.45) is 0 Å². The molecule has 0 unspecified atom stereocenters. The molecule has 324 valence electrons. The van der Waals surface area contributed by atoms with E-state index in [1.165, 1.54) is 6.08 Å². The smallest absolute Gasteiger partial charge is 0.247 e. The number of halogens is 1. The minimum atomic E-state index is -0.509. The van der Waals surface area contributed by atoms with Crippen molar-refractivity contribution in [1.82, 2.24) is 19.9 Å². The minimum Gasteiger partial charge on any atom is -0.399 e. The Morgan fingerprint density at radius 2 is 0.866 bits per heavy atom. The van der Waals surface area contributed by atoms with E-state index in [1.807, 2.05) is 140 Å². The van der Waals surface area contributed by atoms with E-state index in [-0.39, 0.29) is 5.91 Å². The lowest BCUT2D eigenvalue weighted by Gasteiger charge is -2.13. The van der Waals surface area contributed by atoms with Gasteiger partial charge in [0.25, 0.3) is 0 Å². The lowest BCUT2D eigenvalue weighted by molar-refractivity contribution is -0.112. The highest BCUT2D eigenvalue weighted by Gasteiger charge is 2.15. The predicted octanol–water partition coefficient (Wildman–Crippen LogP) is 13.9. The van der Waals surface area contributed by atoms with Gasteiger partial charge >= 0.3 is 0 Å². The average Bonchev–Trinajstić information content (AvgIpc) is 3.39. The molecule has 8 nitrogen and oxygen atoms in total. The Kier molecular flexibility index (Phi) is 14.2. The van der Waals surface area contributed by atoms with Gasteiger partial charge in [0.2, 0.25) is 11.1 Å². The summed E-state index contributed by atoms with van der Waals surface area (Å²) in [6, 6.07) is 64.9. The van der Waals surface area contributed by atoms with Gasteiger partial charge in [-0.2, -0.15) is 0 Å². The highest BCUT2D eigenvalue weighted by atomic mass is 35.5. The van der Waals surface area contributed by atoms with Crippen molar-refractivity contribution < 1.29 is 9.59 Å². The van der Waals surface area contributed by atoms with Crippen molar-refractivity contribution in [2.75, 3.05) is 11.1 Å². The third-order valence-corrected chi connectivity index (χ3v) is 10.8. The van der Waals surface area contributed by atoms with Crippen LogP contribution in [0.3, 0.4) is 0 Å². The summed E-state index contributed by atoms with van der Waals surface area (Å²) in [6.07, 6.45) is 6.09. The fourth-order valence-electron chi connectivity index (χ4n) is 7.44. The number of benzene rings is 8. The zero-order valence-electron chi connectivity index (χ0n) is 36.3. The number of allylic oxidation sites excluding steroid dienone is 1. The van der Waals surface area contributed by atoms with E-state index < -0.39 is 5.24 Å². The summed E-state index contributed by atoms with van der Waals surface area (Å²) in [4.78, 5) is 40.4. The Hall–Kier alpha value is -8.85. The number of hydrogen-bond donors (Lipinski definition) is 2. The molecule has 0 saturated heterocycles. The third-order valence-electron chi connectivity index (χ3n) is 10.6. The molecule has 2 heterocycles. The van der Waals surface area contributed by atoms with Crippen molar-refractivity contribution in [3.8, 4) is 67.3 Å². The van der Waals surface area contributed by atoms with Crippen LogP contribution < -0.4 is 11.1 Å². The molecule has 0 saturated carbocycles. The molecule has 67 heavy (non-hydrogen) atoms. The van der Waals surface area contributed by atoms with Crippen LogP contribution in [0.5, 0.6) is 0 Å². The molecule has 0 fully saturated rings. The fraction of sp³-hybridized carbons (Fsp3) is 0. The van der Waals surface area contributed by atoms with E-state index in [1.54, 1.807) is 0 Å². The molecule has 0 aliphatic carbocycles. The molecule has 0 aliphatic heterocycles. The molecule has 10 rings (SSSR count). The monoisotopic (exact) mass is 890 g/mol. The van der Waals surface area contributed by atoms with Crippen molar-refractivity contribution in [3.63, 3.8) is 0 Å². The van der Waals surface area contributed by atoms with Gasteiger partial charge in [0, 0.05) is 56.8 Å². The van der Waals surface area contributed by atoms with Crippen molar-refractivity contribution in [1.29, 1.82) is 0 Å². The summed E-state index contributed by atoms with van der Waals surface area (Å²) < 4.78 is 0. The normalized spacial score (nSPS) is 10.5. The van der Waals surface area contributed by atoms with Gasteiger partial charge in [-0.25, -0.2) is 19.9 Å². The van der Waals surface area contributed by atoms with Crippen LogP contribution in [0.4, 0.5) is 11.4 Å². The highest BCUT2D eigenvalue weighted by molar-refractivity contribution is 6.66. The molecule has 0 spiro atoms. The second kappa shape index (κ2) is 21.2. The first-order valence-corrected chi connectivity index (χ1v) is 21.7. The number of anilines is 2. The molecule has 0 bridgehead atoms. The topological polar surface area (TPSA) is 124 Å². The Morgan fingerprint density at radius 1 is 0.463 bits per heavy atom. The van der Waals surface area contributed by atoms with Gasteiger partial charge in [-0.05, 0) is 106 Å². The van der Waals surface area contributed by atoms with Gasteiger partial charge in [0.1, 0.15) is 0 Å². The number of carbonyl (C=O) groups is 2. The lowest BCUT2D eigenvalue weighted by Crippen LogP contribution is -2.07. The number of carbonyl (C=O) groups excluding carboxylic acids is 2. The van der Waals surface area contributed by atoms with E-state index in [4.69, 9.17) is 27.3 Å². The van der Waals surface area contributed by atoms with Crippen LogP contribution in [0.1, 0.15) is 0 Å². The maximum Gasteiger partial charge on any atom is 0.247 e. The van der Waals surface area contributed by atoms with Gasteiger partial charge in [0.05, 0.1) is 11.0 Å². The lowest BCUT2D eigenvalue weighted by atomic mass is 9.95. The number of amides is 1. The summed E-state index contributed by atoms with van der Waals surface area (Å²) in [6.45, 7) is 6.61. The van der Waals surface area contributed by atoms with Crippen LogP contribution in [0.15, 0.2) is 232 Å². The van der Waals surface area contributed by atoms with Gasteiger partial charge in [-0.15, -0.1) is 0 Å². The van der Waals surface area contributed by atoms with E-state index in [0.29, 0.717) is 11.5 Å². The molecule has 8 aromatic carbocycles. The number of nitrogens with zero attached hydrogens (tertiary/aromatic N) is 4. The number of nitrogen functional groups attached to an aromatic ring is 1. The standard InChI is InChI=1S/C29H21N3O.C26H19N3.C3H3ClO/c1-2-27(33)31-25-15-9-14-22(17-25)26-18-23(20-10-5-3-6-11-20)16-24-19-30-29(32-28(24)26)21-12-7-4-8-13-21;27-23-13-7-12-20(15-23)24-16-21(18-8-3-1-4-9-18)14-22-17-28-26(29-25(22)24)19-10-5-2-6-11-19;1-2-3(4)5/h2-19H,1H2,(H,31,33);1-17H,27H2;2H,1H2. The SMILES string of the molecule is C=CC(=O)Cl.C=CC(=O)Nc1cccc(-c2cc(-c3ccccc3)cc3cnc(-c4ccccc4)nc23)c1.Nc1cccc(-c2cc(-c3ccccc3)cc3cnc(-c4ccccc4)nc23)c1. The van der Waals surface area contributed by atoms with Crippen LogP contribution in [0.25, 0.3) is 89.1 Å². The van der Waals surface area contributed by atoms with Crippen molar-refractivity contribution in [3.05, 3.63) is 232 Å². The average molecular weight is 891 g/mol. The summed E-state index contributed by atoms with van der Waals surface area (Å²) in [5.74, 6) is 1.15. The Balaban J connectivity index is 0.000000166.